The van der Waals surface area contributed by atoms with Crippen molar-refractivity contribution < 1.29 is 47.8 Å². The van der Waals surface area contributed by atoms with Gasteiger partial charge in [-0.3, -0.25) is 9.59 Å². The summed E-state index contributed by atoms with van der Waals surface area (Å²) in [7, 11) is -0.377. The van der Waals surface area contributed by atoms with Gasteiger partial charge in [0.2, 0.25) is 17.7 Å². The van der Waals surface area contributed by atoms with Crippen LogP contribution in [0.2, 0.25) is 0 Å². The molecule has 2 aromatic rings. The van der Waals surface area contributed by atoms with Crippen molar-refractivity contribution in [1.82, 2.24) is 20.5 Å². The quantitative estimate of drug-likeness (QED) is 0.0932. The molecule has 0 bridgehead atoms. The number of nitrogens with zero attached hydrogens (tertiary/aromatic N) is 2. The first-order valence-electron chi connectivity index (χ1n) is 21.5. The first-order valence-corrected chi connectivity index (χ1v) is 22.3. The number of ether oxygens (including phenoxy) is 3. The molecule has 3 N–H and O–H groups in total. The summed E-state index contributed by atoms with van der Waals surface area (Å²) < 4.78 is 29.9. The summed E-state index contributed by atoms with van der Waals surface area (Å²) in [6.45, 7) is 9.98. The summed E-state index contributed by atoms with van der Waals surface area (Å²) in [6.07, 6.45) is 11.8. The normalized spacial score (nSPS) is 30.4. The van der Waals surface area contributed by atoms with E-state index in [1.165, 1.54) is 4.90 Å². The maximum atomic E-state index is 14.6. The number of unbranched alkanes of at least 4 members (excludes halogenated alkanes) is 1. The largest absolute Gasteiger partial charge is 0.506 e. The predicted octanol–water partition coefficient (Wildman–Crippen LogP) is 6.85. The van der Waals surface area contributed by atoms with Gasteiger partial charge < -0.3 is 44.2 Å². The van der Waals surface area contributed by atoms with Gasteiger partial charge >= 0.3 is 19.2 Å². The van der Waals surface area contributed by atoms with E-state index < -0.39 is 47.6 Å². The van der Waals surface area contributed by atoms with Crippen molar-refractivity contribution in [2.24, 2.45) is 11.8 Å². The molecule has 7 atom stereocenters. The zero-order chi connectivity index (χ0) is 42.8. The fourth-order valence-electron chi connectivity index (χ4n) is 8.43. The second-order valence-electron chi connectivity index (χ2n) is 17.8. The van der Waals surface area contributed by atoms with Crippen LogP contribution in [0.5, 0.6) is 11.6 Å². The molecule has 3 amide bonds. The van der Waals surface area contributed by atoms with Crippen molar-refractivity contribution in [2.75, 3.05) is 13.2 Å². The Morgan fingerprint density at radius 1 is 1.12 bits per heavy atom. The molecule has 0 radical (unpaired) electrons. The van der Waals surface area contributed by atoms with E-state index in [9.17, 15) is 24.3 Å². The lowest BCUT2D eigenvalue weighted by atomic mass is 9.89. The van der Waals surface area contributed by atoms with Crippen LogP contribution in [-0.2, 0) is 33.2 Å². The van der Waals surface area contributed by atoms with E-state index in [1.54, 1.807) is 31.2 Å². The molecule has 16 heteroatoms. The second-order valence-corrected chi connectivity index (χ2v) is 18.5. The Bertz CT molecular complexity index is 2000. The average molecular weight is 894 g/mol. The number of benzene rings is 1. The van der Waals surface area contributed by atoms with Gasteiger partial charge in [0.15, 0.2) is 0 Å². The van der Waals surface area contributed by atoms with Gasteiger partial charge in [0.1, 0.15) is 40.1 Å². The van der Waals surface area contributed by atoms with E-state index in [4.69, 9.17) is 23.5 Å². The number of nitrogens with one attached hydrogen (secondary N) is 2. The fourth-order valence-corrected chi connectivity index (χ4v) is 8.83. The molecule has 1 aromatic carbocycles. The molecular weight excluding hydrogens is 835 g/mol. The van der Waals surface area contributed by atoms with Crippen LogP contribution >= 0.6 is 15.9 Å². The number of fused-ring (bicyclic) bond motifs is 3. The lowest BCUT2D eigenvalue weighted by Crippen LogP contribution is -2.56. The molecule has 0 spiro atoms. The molecule has 7 rings (SSSR count). The third-order valence-electron chi connectivity index (χ3n) is 12.9. The molecule has 1 unspecified atom stereocenters. The van der Waals surface area contributed by atoms with Crippen LogP contribution in [-0.4, -0.2) is 100 Å². The number of hydrogen-bond acceptors (Lipinski definition) is 11. The van der Waals surface area contributed by atoms with Crippen molar-refractivity contribution in [1.29, 1.82) is 0 Å². The Morgan fingerprint density at radius 3 is 2.65 bits per heavy atom. The Labute approximate surface area is 360 Å². The fraction of sp³-hybridized carbons (Fsp3) is 0.614. The van der Waals surface area contributed by atoms with E-state index >= 15 is 0 Å². The highest BCUT2D eigenvalue weighted by Crippen LogP contribution is 2.47. The van der Waals surface area contributed by atoms with Gasteiger partial charge in [0.25, 0.3) is 0 Å². The maximum absolute atomic E-state index is 14.6. The zero-order valence-electron chi connectivity index (χ0n) is 35.2. The molecule has 5 aliphatic rings. The summed E-state index contributed by atoms with van der Waals surface area (Å²) in [5.41, 5.74) is -1.50. The Hall–Kier alpha value is -4.15. The number of esters is 1. The molecule has 2 aliphatic carbocycles. The van der Waals surface area contributed by atoms with E-state index in [0.29, 0.717) is 30.2 Å². The summed E-state index contributed by atoms with van der Waals surface area (Å²) in [6, 6.07) is 5.08. The number of para-hydroxylation sites is 1. The number of aromatic hydroxyl groups is 1. The van der Waals surface area contributed by atoms with E-state index in [0.717, 1.165) is 44.9 Å². The summed E-state index contributed by atoms with van der Waals surface area (Å²) in [5, 5.41) is 17.3. The molecule has 2 saturated carbocycles. The first-order chi connectivity index (χ1) is 28.6. The Kier molecular flexibility index (Phi) is 13.2. The molecule has 324 valence electrons. The number of hydrogen-bond donors (Lipinski definition) is 3. The molecular formula is C44H58BBrN4O10. The molecule has 2 saturated heterocycles. The smallest absolute Gasteiger partial charge is 0.486 e. The molecule has 4 fully saturated rings. The Balaban J connectivity index is 1.02. The number of pyridine rings is 1. The number of rotatable bonds is 11. The lowest BCUT2D eigenvalue weighted by Gasteiger charge is -2.32. The summed E-state index contributed by atoms with van der Waals surface area (Å²) in [4.78, 5) is 61.7. The number of aromatic nitrogens is 1. The number of alkyl carbamates (subject to hydrolysis) is 1. The van der Waals surface area contributed by atoms with Crippen LogP contribution in [0.15, 0.2) is 52.9 Å². The van der Waals surface area contributed by atoms with Gasteiger partial charge in [-0.1, -0.05) is 49.2 Å². The van der Waals surface area contributed by atoms with Crippen molar-refractivity contribution in [3.63, 3.8) is 0 Å². The standard InChI is InChI=1S/C44H58BBrN4O10/c1-6-56-40(54)44-25-28(44)18-12-8-7-9-13-21-32(48-41(55)58-34-23-27(34)17-11-10-16-22-45-59-42(2,3)43(4,5)60-45)39(53)50-26-29(24-33(50)37(52)49-44)57-38-35(46)36(51)30-19-14-15-20-31(30)47-38/h12,14-16,18-20,22,27-29,32-34H,6-11,13,17,21,23-26H2,1-5H3,(H,47,51)(H,48,55)(H,49,52)/b18-12+,22-16+/t27-,28-,29-,32?,33+,34-,44-/m1/s1. The minimum Gasteiger partial charge on any atom is -0.506 e. The summed E-state index contributed by atoms with van der Waals surface area (Å²) >= 11 is 3.42. The van der Waals surface area contributed by atoms with Crippen LogP contribution < -0.4 is 15.4 Å². The third kappa shape index (κ3) is 9.65. The zero-order valence-corrected chi connectivity index (χ0v) is 36.8. The molecule has 3 aliphatic heterocycles. The number of carbonyl (C=O) groups is 4. The first kappa shape index (κ1) is 43.9. The number of carbonyl (C=O) groups excluding carboxylic acids is 4. The lowest BCUT2D eigenvalue weighted by molar-refractivity contribution is -0.150. The van der Waals surface area contributed by atoms with Gasteiger partial charge in [-0.05, 0) is 120 Å². The van der Waals surface area contributed by atoms with E-state index in [-0.39, 0.29) is 71.9 Å². The highest BCUT2D eigenvalue weighted by atomic mass is 79.9. The third-order valence-corrected chi connectivity index (χ3v) is 13.6. The van der Waals surface area contributed by atoms with Gasteiger partial charge in [0.05, 0.1) is 29.9 Å². The highest BCUT2D eigenvalue weighted by Gasteiger charge is 2.62. The van der Waals surface area contributed by atoms with Crippen LogP contribution in [0, 0.1) is 11.8 Å². The van der Waals surface area contributed by atoms with Crippen molar-refractivity contribution in [3.8, 4) is 11.6 Å². The van der Waals surface area contributed by atoms with Gasteiger partial charge in [0, 0.05) is 17.7 Å². The van der Waals surface area contributed by atoms with Crippen molar-refractivity contribution in [2.45, 2.75) is 146 Å². The van der Waals surface area contributed by atoms with Crippen LogP contribution in [0.4, 0.5) is 4.79 Å². The highest BCUT2D eigenvalue weighted by molar-refractivity contribution is 9.10. The summed E-state index contributed by atoms with van der Waals surface area (Å²) in [5.74, 6) is 0.546. The minimum atomic E-state index is -1.24. The number of amides is 3. The number of halogens is 1. The molecule has 14 nitrogen and oxygen atoms in total. The topological polar surface area (TPSA) is 175 Å². The Morgan fingerprint density at radius 2 is 1.88 bits per heavy atom. The van der Waals surface area contributed by atoms with E-state index in [2.05, 4.69) is 37.6 Å². The van der Waals surface area contributed by atoms with Gasteiger partial charge in [-0.15, -0.1) is 0 Å². The second kappa shape index (κ2) is 18.1. The predicted molar refractivity (Wildman–Crippen MR) is 228 cm³/mol. The molecule has 1 aromatic heterocycles. The van der Waals surface area contributed by atoms with Crippen LogP contribution in [0.25, 0.3) is 10.9 Å². The molecule has 4 heterocycles. The van der Waals surface area contributed by atoms with E-state index in [1.807, 2.05) is 45.8 Å². The van der Waals surface area contributed by atoms with Crippen molar-refractivity contribution >= 4 is 57.8 Å². The van der Waals surface area contributed by atoms with Crippen molar-refractivity contribution in [3.05, 3.63) is 52.9 Å². The van der Waals surface area contributed by atoms with Crippen LogP contribution in [0.3, 0.4) is 0 Å². The monoisotopic (exact) mass is 892 g/mol. The van der Waals surface area contributed by atoms with Gasteiger partial charge in [-0.25, -0.2) is 14.6 Å². The maximum Gasteiger partial charge on any atom is 0.486 e. The SMILES string of the molecule is CCOC(=O)[C@@]12C[C@H]1/C=C/CCCCCC(NC(=O)O[C@@H]1C[C@H]1CCC/C=C/B1OC(C)(C)C(C)(C)O1)C(=O)N1C[C@H](Oc3nc4ccccc4c(O)c3Br)C[C@H]1C(=O)N2. The average Bonchev–Trinajstić information content (AvgIpc) is 4.04. The minimum absolute atomic E-state index is 0.00470. The van der Waals surface area contributed by atoms with Crippen LogP contribution in [0.1, 0.15) is 105 Å². The van der Waals surface area contributed by atoms with Gasteiger partial charge in [-0.2, -0.15) is 0 Å². The molecule has 60 heavy (non-hydrogen) atoms. The number of allylic oxidation sites excluding steroid dienone is 2.